The smallest absolute Gasteiger partial charge is 0.254 e. The second kappa shape index (κ2) is 10.6. The van der Waals surface area contributed by atoms with Gasteiger partial charge in [0.2, 0.25) is 0 Å². The summed E-state index contributed by atoms with van der Waals surface area (Å²) >= 11 is 0. The first-order valence-corrected chi connectivity index (χ1v) is 11.8. The first-order chi connectivity index (χ1) is 16.0. The average molecular weight is 459 g/mol. The van der Waals surface area contributed by atoms with Crippen LogP contribution in [0.15, 0.2) is 42.5 Å². The van der Waals surface area contributed by atoms with Gasteiger partial charge < -0.3 is 14.7 Å². The van der Waals surface area contributed by atoms with Crippen molar-refractivity contribution >= 4 is 5.91 Å². The zero-order valence-corrected chi connectivity index (χ0v) is 18.9. The summed E-state index contributed by atoms with van der Waals surface area (Å²) in [5.41, 5.74) is 1.02. The van der Waals surface area contributed by atoms with E-state index in [1.54, 1.807) is 4.90 Å². The summed E-state index contributed by atoms with van der Waals surface area (Å²) in [6.07, 6.45) is 4.42. The van der Waals surface area contributed by atoms with Gasteiger partial charge in [0.25, 0.3) is 5.91 Å². The average Bonchev–Trinajstić information content (AvgIpc) is 2.82. The van der Waals surface area contributed by atoms with Gasteiger partial charge in [-0.25, -0.2) is 8.78 Å². The maximum Gasteiger partial charge on any atom is 0.254 e. The van der Waals surface area contributed by atoms with Crippen LogP contribution in [0.4, 0.5) is 8.78 Å². The molecule has 0 atom stereocenters. The second-order valence-corrected chi connectivity index (χ2v) is 9.30. The first-order valence-electron chi connectivity index (χ1n) is 11.8. The third-order valence-electron chi connectivity index (χ3n) is 7.02. The lowest BCUT2D eigenvalue weighted by Gasteiger charge is -2.41. The molecule has 3 aliphatic heterocycles. The van der Waals surface area contributed by atoms with Crippen LogP contribution in [0, 0.1) is 17.0 Å². The number of carbonyl (C=O) groups excluding carboxylic acids is 1. The van der Waals surface area contributed by atoms with Gasteiger partial charge in [0, 0.05) is 36.9 Å². The molecule has 1 N–H and O–H groups in total. The van der Waals surface area contributed by atoms with Crippen molar-refractivity contribution < 1.29 is 23.4 Å². The summed E-state index contributed by atoms with van der Waals surface area (Å²) in [5, 5.41) is 10.1. The number of aliphatic hydroxyl groups excluding tert-OH is 1. The molecule has 7 heteroatoms. The minimum absolute atomic E-state index is 0.00378. The SMILES string of the molecule is O=C(c1cc(F)cc(F)c1)N1CCCCC2(CO)CCN(CC2)Cc2ccccc2OCC1. The maximum atomic E-state index is 13.7. The van der Waals surface area contributed by atoms with Crippen molar-refractivity contribution in [2.24, 2.45) is 5.41 Å². The van der Waals surface area contributed by atoms with Gasteiger partial charge >= 0.3 is 0 Å². The van der Waals surface area contributed by atoms with E-state index in [1.165, 1.54) is 0 Å². The minimum atomic E-state index is -0.766. The Morgan fingerprint density at radius 2 is 1.70 bits per heavy atom. The summed E-state index contributed by atoms with van der Waals surface area (Å²) in [7, 11) is 0. The summed E-state index contributed by atoms with van der Waals surface area (Å²) in [6.45, 7) is 3.90. The lowest BCUT2D eigenvalue weighted by Crippen LogP contribution is -2.41. The molecule has 1 fully saturated rings. The molecular weight excluding hydrogens is 426 g/mol. The molecular formula is C26H32F2N2O3. The summed E-state index contributed by atoms with van der Waals surface area (Å²) in [6, 6.07) is 10.8. The Morgan fingerprint density at radius 1 is 0.970 bits per heavy atom. The van der Waals surface area contributed by atoms with Crippen LogP contribution >= 0.6 is 0 Å². The molecule has 1 saturated heterocycles. The number of hydrogen-bond acceptors (Lipinski definition) is 4. The van der Waals surface area contributed by atoms with Crippen LogP contribution in [0.2, 0.25) is 0 Å². The van der Waals surface area contributed by atoms with Gasteiger partial charge in [0.15, 0.2) is 0 Å². The number of para-hydroxylation sites is 1. The normalized spacial score (nSPS) is 24.3. The fraction of sp³-hybridized carbons (Fsp3) is 0.500. The molecule has 0 radical (unpaired) electrons. The van der Waals surface area contributed by atoms with E-state index in [4.69, 9.17) is 4.74 Å². The number of aliphatic hydroxyl groups is 1. The number of ether oxygens (including phenoxy) is 1. The Labute approximate surface area is 194 Å². The zero-order chi connectivity index (χ0) is 23.3. The van der Waals surface area contributed by atoms with E-state index in [1.807, 2.05) is 18.2 Å². The number of nitrogens with zero attached hydrogens (tertiary/aromatic N) is 2. The number of piperidine rings is 1. The van der Waals surface area contributed by atoms with Crippen molar-refractivity contribution in [3.63, 3.8) is 0 Å². The molecule has 0 spiro atoms. The van der Waals surface area contributed by atoms with E-state index in [0.717, 1.165) is 81.3 Å². The number of hydrogen-bond donors (Lipinski definition) is 1. The highest BCUT2D eigenvalue weighted by molar-refractivity contribution is 5.94. The van der Waals surface area contributed by atoms with E-state index >= 15 is 0 Å². The fourth-order valence-electron chi connectivity index (χ4n) is 4.93. The molecule has 2 aromatic carbocycles. The Morgan fingerprint density at radius 3 is 2.42 bits per heavy atom. The standard InChI is InChI=1S/C26H32F2N2O3/c27-22-15-21(16-23(28)17-22)25(32)30-10-4-3-7-26(19-31)8-11-29(12-9-26)18-20-5-1-2-6-24(20)33-14-13-30/h1-2,5-6,15-17,31H,3-4,7-14,18-19H2. The number of carbonyl (C=O) groups is 1. The monoisotopic (exact) mass is 458 g/mol. The number of benzene rings is 2. The molecule has 5 nitrogen and oxygen atoms in total. The van der Waals surface area contributed by atoms with E-state index in [-0.39, 0.29) is 17.6 Å². The quantitative estimate of drug-likeness (QED) is 0.731. The van der Waals surface area contributed by atoms with Crippen LogP contribution < -0.4 is 4.74 Å². The van der Waals surface area contributed by atoms with E-state index in [0.29, 0.717) is 19.7 Å². The van der Waals surface area contributed by atoms with Gasteiger partial charge in [-0.05, 0) is 62.4 Å². The maximum absolute atomic E-state index is 13.7. The van der Waals surface area contributed by atoms with Crippen LogP contribution in [0.1, 0.15) is 48.0 Å². The van der Waals surface area contributed by atoms with Crippen molar-refractivity contribution in [1.82, 2.24) is 9.80 Å². The fourth-order valence-corrected chi connectivity index (χ4v) is 4.93. The molecule has 2 aromatic rings. The van der Waals surface area contributed by atoms with E-state index in [2.05, 4.69) is 11.0 Å². The largest absolute Gasteiger partial charge is 0.491 e. The molecule has 33 heavy (non-hydrogen) atoms. The van der Waals surface area contributed by atoms with E-state index in [9.17, 15) is 18.7 Å². The molecule has 2 bridgehead atoms. The number of halogens is 2. The Hall–Kier alpha value is -2.51. The predicted molar refractivity (Wildman–Crippen MR) is 122 cm³/mol. The zero-order valence-electron chi connectivity index (χ0n) is 18.9. The molecule has 1 amide bonds. The molecule has 5 rings (SSSR count). The number of amides is 1. The number of fused-ring (bicyclic) bond motifs is 9. The van der Waals surface area contributed by atoms with Crippen molar-refractivity contribution in [3.8, 4) is 5.75 Å². The molecule has 3 aliphatic rings. The van der Waals surface area contributed by atoms with E-state index < -0.39 is 17.5 Å². The van der Waals surface area contributed by atoms with Crippen LogP contribution in [-0.2, 0) is 6.54 Å². The van der Waals surface area contributed by atoms with Gasteiger partial charge in [0.1, 0.15) is 24.0 Å². The highest BCUT2D eigenvalue weighted by Crippen LogP contribution is 2.37. The van der Waals surface area contributed by atoms with Crippen LogP contribution in [-0.4, -0.2) is 60.2 Å². The third kappa shape index (κ3) is 5.89. The molecule has 0 aromatic heterocycles. The molecule has 0 unspecified atom stereocenters. The summed E-state index contributed by atoms with van der Waals surface area (Å²) in [4.78, 5) is 17.1. The Balaban J connectivity index is 1.55. The van der Waals surface area contributed by atoms with Crippen molar-refractivity contribution in [1.29, 1.82) is 0 Å². The Bertz CT molecular complexity index is 940. The highest BCUT2D eigenvalue weighted by Gasteiger charge is 2.34. The number of rotatable bonds is 2. The van der Waals surface area contributed by atoms with Crippen LogP contribution in [0.5, 0.6) is 5.75 Å². The van der Waals surface area contributed by atoms with Gasteiger partial charge in [0.05, 0.1) is 6.54 Å². The lowest BCUT2D eigenvalue weighted by molar-refractivity contribution is 0.0319. The molecule has 0 saturated carbocycles. The Kier molecular flexibility index (Phi) is 7.60. The molecule has 3 heterocycles. The molecule has 0 aliphatic carbocycles. The highest BCUT2D eigenvalue weighted by atomic mass is 19.1. The lowest BCUT2D eigenvalue weighted by atomic mass is 9.75. The van der Waals surface area contributed by atoms with Crippen LogP contribution in [0.3, 0.4) is 0 Å². The predicted octanol–water partition coefficient (Wildman–Crippen LogP) is 4.24. The molecule has 178 valence electrons. The van der Waals surface area contributed by atoms with Crippen LogP contribution in [0.25, 0.3) is 0 Å². The van der Waals surface area contributed by atoms with Gasteiger partial charge in [-0.2, -0.15) is 0 Å². The first kappa shape index (κ1) is 23.6. The third-order valence-corrected chi connectivity index (χ3v) is 7.02. The van der Waals surface area contributed by atoms with Gasteiger partial charge in [-0.3, -0.25) is 9.69 Å². The second-order valence-electron chi connectivity index (χ2n) is 9.30. The summed E-state index contributed by atoms with van der Waals surface area (Å²) in [5.74, 6) is -1.15. The van der Waals surface area contributed by atoms with Crippen molar-refractivity contribution in [2.45, 2.75) is 38.6 Å². The summed E-state index contributed by atoms with van der Waals surface area (Å²) < 4.78 is 33.5. The topological polar surface area (TPSA) is 53.0 Å². The van der Waals surface area contributed by atoms with Gasteiger partial charge in [-0.15, -0.1) is 0 Å². The van der Waals surface area contributed by atoms with Gasteiger partial charge in [-0.1, -0.05) is 24.6 Å². The minimum Gasteiger partial charge on any atom is -0.491 e. The van der Waals surface area contributed by atoms with Crippen molar-refractivity contribution in [3.05, 3.63) is 65.2 Å². The van der Waals surface area contributed by atoms with Crippen molar-refractivity contribution in [2.75, 3.05) is 39.4 Å².